The number of aryl methyl sites for hydroxylation is 1. The highest BCUT2D eigenvalue weighted by atomic mass is 35.5. The van der Waals surface area contributed by atoms with Gasteiger partial charge < -0.3 is 5.73 Å². The van der Waals surface area contributed by atoms with Gasteiger partial charge in [0.2, 0.25) is 10.0 Å². The van der Waals surface area contributed by atoms with Crippen LogP contribution in [-0.4, -0.2) is 25.4 Å². The first kappa shape index (κ1) is 20.8. The van der Waals surface area contributed by atoms with Crippen LogP contribution in [0.4, 0.5) is 5.69 Å². The third-order valence-corrected chi connectivity index (χ3v) is 6.39. The van der Waals surface area contributed by atoms with Crippen molar-refractivity contribution < 1.29 is 13.3 Å². The van der Waals surface area contributed by atoms with E-state index in [0.717, 1.165) is 25.3 Å². The molecule has 1 aliphatic rings. The molecule has 0 spiro atoms. The average Bonchev–Trinajstić information content (AvgIpc) is 2.49. The summed E-state index contributed by atoms with van der Waals surface area (Å²) in [7, 11) is -3.87. The zero-order chi connectivity index (χ0) is 17.3. The predicted octanol–water partition coefficient (Wildman–Crippen LogP) is 2.51. The highest BCUT2D eigenvalue weighted by Gasteiger charge is 2.40. The van der Waals surface area contributed by atoms with Crippen molar-refractivity contribution in [2.45, 2.75) is 50.0 Å². The first-order chi connectivity index (χ1) is 10.7. The molecule has 1 aromatic rings. The Kier molecular flexibility index (Phi) is 6.75. The number of halogens is 1. The van der Waals surface area contributed by atoms with Crippen LogP contribution in [0.5, 0.6) is 0 Å². The Morgan fingerprint density at radius 3 is 2.62 bits per heavy atom. The van der Waals surface area contributed by atoms with Gasteiger partial charge in [-0.05, 0) is 31.7 Å². The molecule has 1 saturated carbocycles. The maximum Gasteiger partial charge on any atom is 0.273 e. The molecule has 3 N–H and O–H groups in total. The summed E-state index contributed by atoms with van der Waals surface area (Å²) in [5.41, 5.74) is 5.42. The molecule has 1 fully saturated rings. The van der Waals surface area contributed by atoms with Crippen molar-refractivity contribution in [1.29, 1.82) is 0 Å². The number of rotatable bonds is 5. The number of nitrogens with two attached hydrogens (primary N) is 1. The zero-order valence-corrected chi connectivity index (χ0v) is 15.5. The summed E-state index contributed by atoms with van der Waals surface area (Å²) in [5.74, 6) is 0.122. The summed E-state index contributed by atoms with van der Waals surface area (Å²) in [6.07, 6.45) is 3.56. The number of sulfonamides is 1. The molecule has 2 unspecified atom stereocenters. The van der Waals surface area contributed by atoms with Gasteiger partial charge in [-0.15, -0.1) is 12.4 Å². The van der Waals surface area contributed by atoms with Crippen LogP contribution in [0.15, 0.2) is 23.1 Å². The average molecular weight is 378 g/mol. The summed E-state index contributed by atoms with van der Waals surface area (Å²) in [4.78, 5) is 10.4. The highest BCUT2D eigenvalue weighted by Crippen LogP contribution is 2.34. The summed E-state index contributed by atoms with van der Waals surface area (Å²) in [6.45, 7) is 3.78. The molecule has 1 aromatic carbocycles. The van der Waals surface area contributed by atoms with Crippen molar-refractivity contribution in [1.82, 2.24) is 4.72 Å². The van der Waals surface area contributed by atoms with Crippen LogP contribution >= 0.6 is 12.4 Å². The van der Waals surface area contributed by atoms with E-state index < -0.39 is 20.5 Å². The van der Waals surface area contributed by atoms with Gasteiger partial charge >= 0.3 is 0 Å². The molecular formula is C15H24ClN3O4S. The molecule has 2 atom stereocenters. The van der Waals surface area contributed by atoms with Gasteiger partial charge in [-0.3, -0.25) is 10.1 Å². The summed E-state index contributed by atoms with van der Waals surface area (Å²) < 4.78 is 28.1. The molecule has 0 amide bonds. The smallest absolute Gasteiger partial charge is 0.273 e. The van der Waals surface area contributed by atoms with Gasteiger partial charge in [-0.2, -0.15) is 0 Å². The lowest BCUT2D eigenvalue weighted by Gasteiger charge is -2.42. The van der Waals surface area contributed by atoms with Crippen molar-refractivity contribution in [2.75, 3.05) is 6.54 Å². The van der Waals surface area contributed by atoms with E-state index >= 15 is 0 Å². The maximum atomic E-state index is 12.7. The second kappa shape index (κ2) is 7.77. The summed E-state index contributed by atoms with van der Waals surface area (Å²) in [6, 6.07) is 3.95. The van der Waals surface area contributed by atoms with Crippen LogP contribution in [0.3, 0.4) is 0 Å². The quantitative estimate of drug-likeness (QED) is 0.604. The fourth-order valence-corrected chi connectivity index (χ4v) is 4.74. The lowest BCUT2D eigenvalue weighted by atomic mass is 9.74. The number of benzene rings is 1. The second-order valence-corrected chi connectivity index (χ2v) is 8.00. The standard InChI is InChI=1S/C15H23N3O4S.ClH/c1-11-6-7-13(9-14(11)18(19)20)23(21,22)17-15(10-16)8-4-3-5-12(15)2;/h6-7,9,12,17H,3-5,8,10,16H2,1-2H3;1H. The van der Waals surface area contributed by atoms with Crippen molar-refractivity contribution in [2.24, 2.45) is 11.7 Å². The molecule has 1 aliphatic carbocycles. The third-order valence-electron chi connectivity index (χ3n) is 4.84. The molecule has 0 heterocycles. The largest absolute Gasteiger partial charge is 0.329 e. The van der Waals surface area contributed by atoms with Crippen LogP contribution in [0, 0.1) is 23.0 Å². The Labute approximate surface area is 148 Å². The minimum atomic E-state index is -3.87. The van der Waals surface area contributed by atoms with Crippen molar-refractivity contribution in [3.8, 4) is 0 Å². The van der Waals surface area contributed by atoms with Crippen LogP contribution in [0.2, 0.25) is 0 Å². The Morgan fingerprint density at radius 2 is 2.08 bits per heavy atom. The van der Waals surface area contributed by atoms with Gasteiger partial charge in [0, 0.05) is 23.7 Å². The Morgan fingerprint density at radius 1 is 1.42 bits per heavy atom. The van der Waals surface area contributed by atoms with E-state index in [2.05, 4.69) is 4.72 Å². The third kappa shape index (κ3) is 4.05. The molecule has 2 rings (SSSR count). The van der Waals surface area contributed by atoms with Gasteiger partial charge in [-0.25, -0.2) is 13.1 Å². The second-order valence-electron chi connectivity index (χ2n) is 6.32. The van der Waals surface area contributed by atoms with E-state index in [4.69, 9.17) is 5.73 Å². The van der Waals surface area contributed by atoms with Gasteiger partial charge in [0.15, 0.2) is 0 Å². The molecule has 9 heteroatoms. The molecular weight excluding hydrogens is 354 g/mol. The van der Waals surface area contributed by atoms with E-state index in [0.29, 0.717) is 12.0 Å². The molecule has 24 heavy (non-hydrogen) atoms. The highest BCUT2D eigenvalue weighted by molar-refractivity contribution is 7.89. The number of nitro groups is 1. The molecule has 0 radical (unpaired) electrons. The van der Waals surface area contributed by atoms with Gasteiger partial charge in [-0.1, -0.05) is 25.8 Å². The number of nitrogens with zero attached hydrogens (tertiary/aromatic N) is 1. The Balaban J connectivity index is 0.00000288. The fraction of sp³-hybridized carbons (Fsp3) is 0.600. The molecule has 0 aromatic heterocycles. The van der Waals surface area contributed by atoms with Crippen LogP contribution < -0.4 is 10.5 Å². The monoisotopic (exact) mass is 377 g/mol. The summed E-state index contributed by atoms with van der Waals surface area (Å²) >= 11 is 0. The van der Waals surface area contributed by atoms with Crippen molar-refractivity contribution >= 4 is 28.1 Å². The SMILES string of the molecule is Cc1ccc(S(=O)(=O)NC2(CN)CCCCC2C)cc1[N+](=O)[O-].Cl. The molecule has 0 aliphatic heterocycles. The minimum Gasteiger partial charge on any atom is -0.329 e. The minimum absolute atomic E-state index is 0. The fourth-order valence-electron chi connectivity index (χ4n) is 3.19. The topological polar surface area (TPSA) is 115 Å². The number of nitrogens with one attached hydrogen (secondary N) is 1. The van der Waals surface area contributed by atoms with Crippen molar-refractivity contribution in [3.63, 3.8) is 0 Å². The molecule has 7 nitrogen and oxygen atoms in total. The number of nitro benzene ring substituents is 1. The van der Waals surface area contributed by atoms with E-state index in [1.807, 2.05) is 6.92 Å². The number of hydrogen-bond donors (Lipinski definition) is 2. The summed E-state index contributed by atoms with van der Waals surface area (Å²) in [5, 5.41) is 11.0. The zero-order valence-electron chi connectivity index (χ0n) is 13.8. The number of hydrogen-bond acceptors (Lipinski definition) is 5. The first-order valence-electron chi connectivity index (χ1n) is 7.71. The van der Waals surface area contributed by atoms with Crippen LogP contribution in [-0.2, 0) is 10.0 Å². The Hall–Kier alpha value is -1.22. The van der Waals surface area contributed by atoms with Gasteiger partial charge in [0.25, 0.3) is 5.69 Å². The van der Waals surface area contributed by atoms with Crippen LogP contribution in [0.1, 0.15) is 38.2 Å². The molecule has 0 saturated heterocycles. The van der Waals surface area contributed by atoms with E-state index in [9.17, 15) is 18.5 Å². The van der Waals surface area contributed by atoms with Gasteiger partial charge in [0.05, 0.1) is 9.82 Å². The van der Waals surface area contributed by atoms with Crippen LogP contribution in [0.25, 0.3) is 0 Å². The molecule has 136 valence electrons. The van der Waals surface area contributed by atoms with E-state index in [1.54, 1.807) is 6.92 Å². The Bertz CT molecular complexity index is 711. The normalized spacial score (nSPS) is 24.2. The van der Waals surface area contributed by atoms with E-state index in [-0.39, 0.29) is 35.5 Å². The lowest BCUT2D eigenvalue weighted by molar-refractivity contribution is -0.385. The maximum absolute atomic E-state index is 12.7. The van der Waals surface area contributed by atoms with Gasteiger partial charge in [0.1, 0.15) is 0 Å². The lowest BCUT2D eigenvalue weighted by Crippen LogP contribution is -2.58. The first-order valence-corrected chi connectivity index (χ1v) is 9.19. The van der Waals surface area contributed by atoms with E-state index in [1.165, 1.54) is 12.1 Å². The predicted molar refractivity (Wildman–Crippen MR) is 94.8 cm³/mol. The van der Waals surface area contributed by atoms with Crippen molar-refractivity contribution in [3.05, 3.63) is 33.9 Å². The molecule has 0 bridgehead atoms.